The number of hydrogen-bond acceptors (Lipinski definition) is 7. The lowest BCUT2D eigenvalue weighted by Crippen LogP contribution is -2.72. The molecule has 21 heavy (non-hydrogen) atoms. The predicted octanol–water partition coefficient (Wildman–Crippen LogP) is -2.87. The molecule has 8 nitrogen and oxygen atoms in total. The van der Waals surface area contributed by atoms with Crippen molar-refractivity contribution in [1.82, 2.24) is 5.32 Å². The van der Waals surface area contributed by atoms with Crippen LogP contribution in [0.1, 0.15) is 6.92 Å². The number of hydrogen-bond donors (Lipinski definition) is 5. The van der Waals surface area contributed by atoms with Gasteiger partial charge in [-0.1, -0.05) is 0 Å². The van der Waals surface area contributed by atoms with E-state index in [0.717, 1.165) is 6.92 Å². The van der Waals surface area contributed by atoms with Gasteiger partial charge in [-0.25, -0.2) is 8.78 Å². The molecule has 0 aromatic heterocycles. The van der Waals surface area contributed by atoms with Crippen LogP contribution in [0.4, 0.5) is 8.78 Å². The van der Waals surface area contributed by atoms with Gasteiger partial charge in [0.25, 0.3) is 5.85 Å². The van der Waals surface area contributed by atoms with E-state index in [1.54, 1.807) is 0 Å². The van der Waals surface area contributed by atoms with Crippen LogP contribution in [0.15, 0.2) is 0 Å². The Labute approximate surface area is 118 Å². The van der Waals surface area contributed by atoms with Crippen LogP contribution in [0.5, 0.6) is 0 Å². The lowest BCUT2D eigenvalue weighted by Gasteiger charge is -2.45. The van der Waals surface area contributed by atoms with Crippen LogP contribution >= 0.6 is 0 Å². The SMILES string of the molecule is CC(=O)N[C@H]1C([C@H](O)[C@H](O)CO)O[C@@](F)(C=O)[C@@H](F)C1N. The van der Waals surface area contributed by atoms with Crippen molar-refractivity contribution in [3.63, 3.8) is 0 Å². The van der Waals surface area contributed by atoms with Crippen LogP contribution in [0.2, 0.25) is 0 Å². The van der Waals surface area contributed by atoms with Gasteiger partial charge in [-0.3, -0.25) is 9.59 Å². The highest BCUT2D eigenvalue weighted by molar-refractivity contribution is 5.73. The van der Waals surface area contributed by atoms with E-state index in [9.17, 15) is 28.6 Å². The Kier molecular flexibility index (Phi) is 5.70. The minimum Gasteiger partial charge on any atom is -0.394 e. The average molecular weight is 312 g/mol. The fraction of sp³-hybridized carbons (Fsp3) is 0.818. The molecule has 1 heterocycles. The number of aliphatic hydroxyl groups is 3. The number of rotatable bonds is 5. The molecule has 7 atom stereocenters. The monoisotopic (exact) mass is 312 g/mol. The molecule has 0 radical (unpaired) electrons. The zero-order valence-corrected chi connectivity index (χ0v) is 11.1. The second-order valence-corrected chi connectivity index (χ2v) is 4.84. The van der Waals surface area contributed by atoms with E-state index in [2.05, 4.69) is 10.1 Å². The summed E-state index contributed by atoms with van der Waals surface area (Å²) in [7, 11) is 0. The Morgan fingerprint density at radius 1 is 1.57 bits per heavy atom. The highest BCUT2D eigenvalue weighted by atomic mass is 19.2. The molecule has 0 spiro atoms. The van der Waals surface area contributed by atoms with E-state index in [0.29, 0.717) is 0 Å². The minimum atomic E-state index is -3.42. The first-order chi connectivity index (χ1) is 9.67. The van der Waals surface area contributed by atoms with Gasteiger partial charge >= 0.3 is 0 Å². The van der Waals surface area contributed by atoms with Crippen LogP contribution in [-0.4, -0.2) is 76.5 Å². The van der Waals surface area contributed by atoms with E-state index in [-0.39, 0.29) is 0 Å². The van der Waals surface area contributed by atoms with Crippen molar-refractivity contribution in [1.29, 1.82) is 0 Å². The Bertz CT molecular complexity index is 401. The zero-order valence-electron chi connectivity index (χ0n) is 11.1. The van der Waals surface area contributed by atoms with Crippen LogP contribution in [0.25, 0.3) is 0 Å². The highest BCUT2D eigenvalue weighted by Gasteiger charge is 2.57. The lowest BCUT2D eigenvalue weighted by molar-refractivity contribution is -0.260. The van der Waals surface area contributed by atoms with E-state index in [4.69, 9.17) is 10.8 Å². The van der Waals surface area contributed by atoms with Gasteiger partial charge < -0.3 is 31.1 Å². The fourth-order valence-corrected chi connectivity index (χ4v) is 2.13. The third-order valence-electron chi connectivity index (χ3n) is 3.25. The summed E-state index contributed by atoms with van der Waals surface area (Å²) in [6.07, 6.45) is -8.42. The lowest BCUT2D eigenvalue weighted by atomic mass is 9.87. The van der Waals surface area contributed by atoms with Gasteiger partial charge in [0.05, 0.1) is 18.7 Å². The van der Waals surface area contributed by atoms with E-state index >= 15 is 0 Å². The van der Waals surface area contributed by atoms with Crippen molar-refractivity contribution in [2.45, 2.75) is 49.3 Å². The average Bonchev–Trinajstić information content (AvgIpc) is 2.45. The molecule has 0 aromatic rings. The third kappa shape index (κ3) is 3.52. The van der Waals surface area contributed by atoms with Crippen LogP contribution in [0.3, 0.4) is 0 Å². The van der Waals surface area contributed by atoms with E-state index < -0.39 is 61.2 Å². The van der Waals surface area contributed by atoms with Gasteiger partial charge in [0.15, 0.2) is 12.5 Å². The first kappa shape index (κ1) is 17.9. The number of aldehydes is 1. The predicted molar refractivity (Wildman–Crippen MR) is 64.4 cm³/mol. The number of aliphatic hydroxyl groups excluding tert-OH is 3. The molecule has 1 amide bonds. The van der Waals surface area contributed by atoms with E-state index in [1.165, 1.54) is 0 Å². The van der Waals surface area contributed by atoms with Crippen molar-refractivity contribution in [2.24, 2.45) is 5.73 Å². The van der Waals surface area contributed by atoms with Gasteiger partial charge in [-0.2, -0.15) is 0 Å². The Morgan fingerprint density at radius 3 is 2.57 bits per heavy atom. The molecule has 0 bridgehead atoms. The summed E-state index contributed by atoms with van der Waals surface area (Å²) < 4.78 is 32.4. The number of halogens is 2. The largest absolute Gasteiger partial charge is 0.394 e. The number of amides is 1. The fourth-order valence-electron chi connectivity index (χ4n) is 2.13. The summed E-state index contributed by atoms with van der Waals surface area (Å²) in [6, 6.07) is -3.11. The van der Waals surface area contributed by atoms with E-state index in [1.807, 2.05) is 0 Å². The quantitative estimate of drug-likeness (QED) is 0.344. The molecular weight excluding hydrogens is 294 g/mol. The van der Waals surface area contributed by atoms with Crippen molar-refractivity contribution >= 4 is 12.2 Å². The maximum Gasteiger partial charge on any atom is 0.298 e. The second-order valence-electron chi connectivity index (χ2n) is 4.84. The summed E-state index contributed by atoms with van der Waals surface area (Å²) in [5.41, 5.74) is 5.47. The zero-order chi connectivity index (χ0) is 16.4. The van der Waals surface area contributed by atoms with Gasteiger partial charge in [0.1, 0.15) is 18.3 Å². The molecular formula is C11H18F2N2O6. The normalized spacial score (nSPS) is 39.4. The maximum absolute atomic E-state index is 14.0. The first-order valence-corrected chi connectivity index (χ1v) is 6.14. The molecule has 122 valence electrons. The summed E-state index contributed by atoms with van der Waals surface area (Å²) in [4.78, 5) is 21.8. The number of nitrogens with one attached hydrogen (secondary N) is 1. The maximum atomic E-state index is 14.0. The third-order valence-corrected chi connectivity index (χ3v) is 3.25. The van der Waals surface area contributed by atoms with Gasteiger partial charge in [-0.15, -0.1) is 0 Å². The Morgan fingerprint density at radius 2 is 2.14 bits per heavy atom. The van der Waals surface area contributed by atoms with Crippen molar-refractivity contribution in [3.05, 3.63) is 0 Å². The number of nitrogens with two attached hydrogens (primary N) is 1. The molecule has 0 saturated carbocycles. The molecule has 1 saturated heterocycles. The summed E-state index contributed by atoms with van der Waals surface area (Å²) in [5, 5.41) is 30.2. The smallest absolute Gasteiger partial charge is 0.298 e. The molecule has 6 N–H and O–H groups in total. The Hall–Kier alpha value is -1.20. The highest BCUT2D eigenvalue weighted by Crippen LogP contribution is 2.33. The van der Waals surface area contributed by atoms with Gasteiger partial charge in [0, 0.05) is 6.92 Å². The standard InChI is InChI=1S/C11H18F2N2O6/c1-4(18)15-7-6(14)10(12)11(13,3-17)21-9(7)8(20)5(19)2-16/h3,5-10,16,19-20H,2,14H2,1H3,(H,15,18)/t5-,6?,7-,8-,9?,10+,11+/m1/s1. The molecule has 1 aliphatic heterocycles. The molecule has 0 aliphatic carbocycles. The second kappa shape index (κ2) is 6.71. The van der Waals surface area contributed by atoms with Crippen LogP contribution in [-0.2, 0) is 14.3 Å². The van der Waals surface area contributed by atoms with Gasteiger partial charge in [0.2, 0.25) is 5.91 Å². The topological polar surface area (TPSA) is 142 Å². The number of ether oxygens (including phenoxy) is 1. The van der Waals surface area contributed by atoms with Crippen molar-refractivity contribution in [2.75, 3.05) is 6.61 Å². The van der Waals surface area contributed by atoms with Crippen molar-refractivity contribution < 1.29 is 38.4 Å². The first-order valence-electron chi connectivity index (χ1n) is 6.14. The van der Waals surface area contributed by atoms with Crippen molar-refractivity contribution in [3.8, 4) is 0 Å². The summed E-state index contributed by atoms with van der Waals surface area (Å²) >= 11 is 0. The minimum absolute atomic E-state index is 0.452. The molecule has 1 rings (SSSR count). The number of carbonyl (C=O) groups excluding carboxylic acids is 2. The summed E-state index contributed by atoms with van der Waals surface area (Å²) in [5.74, 6) is -4.09. The summed E-state index contributed by atoms with van der Waals surface area (Å²) in [6.45, 7) is 0.172. The van der Waals surface area contributed by atoms with Crippen LogP contribution in [0, 0.1) is 0 Å². The molecule has 10 heteroatoms. The number of alkyl halides is 2. The molecule has 2 unspecified atom stereocenters. The molecule has 1 aliphatic rings. The molecule has 0 aromatic carbocycles. The van der Waals surface area contributed by atoms with Gasteiger partial charge in [-0.05, 0) is 0 Å². The Balaban J connectivity index is 3.12. The van der Waals surface area contributed by atoms with Crippen LogP contribution < -0.4 is 11.1 Å². The molecule has 1 fully saturated rings. The number of carbonyl (C=O) groups is 2.